The molecule has 0 spiro atoms. The Morgan fingerprint density at radius 3 is 2.19 bits per heavy atom. The summed E-state index contributed by atoms with van der Waals surface area (Å²) in [6, 6.07) is 14.0. The summed E-state index contributed by atoms with van der Waals surface area (Å²) in [4.78, 5) is 27.3. The van der Waals surface area contributed by atoms with Crippen molar-refractivity contribution in [1.82, 2.24) is 9.47 Å². The predicted molar refractivity (Wildman–Crippen MR) is 138 cm³/mol. The molecule has 7 heteroatoms. The van der Waals surface area contributed by atoms with Crippen LogP contribution in [0.4, 0.5) is 4.79 Å². The molecule has 1 aliphatic rings. The molecule has 2 heterocycles. The second kappa shape index (κ2) is 9.04. The minimum atomic E-state index is -0.247. The molecule has 164 valence electrons. The standard InChI is InChI=1S/C25H22Br2N2O2S/c1-14-9-21(10-15(2)23(14)27)29-16(3)11-19(17(29)4)12-22-24(30)28(25(31)32-22)13-18-5-7-20(26)8-6-18/h5-12H,13H2,1-4H3/b22-12-. The maximum atomic E-state index is 13.0. The van der Waals surface area contributed by atoms with Crippen molar-refractivity contribution in [3.63, 3.8) is 0 Å². The third-order valence-corrected chi connectivity index (χ3v) is 8.25. The highest BCUT2D eigenvalue weighted by Crippen LogP contribution is 2.35. The van der Waals surface area contributed by atoms with Gasteiger partial charge in [-0.1, -0.05) is 44.0 Å². The summed E-state index contributed by atoms with van der Waals surface area (Å²) in [6.45, 7) is 8.52. The van der Waals surface area contributed by atoms with Crippen LogP contribution in [0.5, 0.6) is 0 Å². The average molecular weight is 574 g/mol. The van der Waals surface area contributed by atoms with E-state index >= 15 is 0 Å². The highest BCUT2D eigenvalue weighted by atomic mass is 79.9. The summed E-state index contributed by atoms with van der Waals surface area (Å²) in [5, 5.41) is -0.239. The topological polar surface area (TPSA) is 42.3 Å². The van der Waals surface area contributed by atoms with Gasteiger partial charge in [-0.3, -0.25) is 14.5 Å². The number of thioether (sulfide) groups is 1. The SMILES string of the molecule is Cc1cc(-n2c(C)cc(/C=C3\SC(=O)N(Cc4ccc(Br)cc4)C3=O)c2C)cc(C)c1Br. The lowest BCUT2D eigenvalue weighted by Crippen LogP contribution is -2.27. The Balaban J connectivity index is 1.65. The van der Waals surface area contributed by atoms with Gasteiger partial charge in [0, 0.05) is 26.0 Å². The van der Waals surface area contributed by atoms with Gasteiger partial charge in [0.1, 0.15) is 0 Å². The first kappa shape index (κ1) is 23.1. The van der Waals surface area contributed by atoms with Crippen LogP contribution in [0.2, 0.25) is 0 Å². The Hall–Kier alpha value is -2.09. The molecule has 4 nitrogen and oxygen atoms in total. The number of aryl methyl sites for hydroxylation is 3. The van der Waals surface area contributed by atoms with Crippen LogP contribution >= 0.6 is 43.6 Å². The molecule has 0 saturated carbocycles. The van der Waals surface area contributed by atoms with Crippen LogP contribution in [0, 0.1) is 27.7 Å². The third kappa shape index (κ3) is 4.38. The van der Waals surface area contributed by atoms with Crippen LogP contribution in [-0.4, -0.2) is 20.6 Å². The van der Waals surface area contributed by atoms with Crippen molar-refractivity contribution in [2.75, 3.05) is 0 Å². The van der Waals surface area contributed by atoms with E-state index in [1.807, 2.05) is 37.3 Å². The number of imide groups is 1. The van der Waals surface area contributed by atoms with Gasteiger partial charge < -0.3 is 4.57 Å². The van der Waals surface area contributed by atoms with Crippen molar-refractivity contribution in [3.8, 4) is 5.69 Å². The van der Waals surface area contributed by atoms with Crippen molar-refractivity contribution in [2.45, 2.75) is 34.2 Å². The molecule has 2 aromatic carbocycles. The lowest BCUT2D eigenvalue weighted by Gasteiger charge is -2.13. The first-order valence-electron chi connectivity index (χ1n) is 10.1. The van der Waals surface area contributed by atoms with Gasteiger partial charge in [-0.2, -0.15) is 0 Å². The minimum absolute atomic E-state index is 0.239. The van der Waals surface area contributed by atoms with E-state index in [0.29, 0.717) is 4.91 Å². The van der Waals surface area contributed by atoms with Crippen LogP contribution in [-0.2, 0) is 11.3 Å². The Labute approximate surface area is 208 Å². The molecule has 1 aromatic heterocycles. The summed E-state index contributed by atoms with van der Waals surface area (Å²) >= 11 is 8.04. The number of benzene rings is 2. The quantitative estimate of drug-likeness (QED) is 0.304. The van der Waals surface area contributed by atoms with Gasteiger partial charge in [-0.15, -0.1) is 0 Å². The molecule has 0 atom stereocenters. The maximum absolute atomic E-state index is 13.0. The molecular formula is C25H22Br2N2O2S. The third-order valence-electron chi connectivity index (χ3n) is 5.56. The molecule has 1 saturated heterocycles. The largest absolute Gasteiger partial charge is 0.318 e. The fourth-order valence-corrected chi connectivity index (χ4v) is 5.26. The Morgan fingerprint density at radius 1 is 0.938 bits per heavy atom. The number of hydrogen-bond acceptors (Lipinski definition) is 3. The molecule has 0 unspecified atom stereocenters. The van der Waals surface area contributed by atoms with Crippen LogP contribution < -0.4 is 0 Å². The molecule has 0 radical (unpaired) electrons. The van der Waals surface area contributed by atoms with Crippen molar-refractivity contribution >= 4 is 60.8 Å². The molecule has 0 N–H and O–H groups in total. The van der Waals surface area contributed by atoms with Crippen molar-refractivity contribution in [1.29, 1.82) is 0 Å². The van der Waals surface area contributed by atoms with Gasteiger partial charge in [0.15, 0.2) is 0 Å². The van der Waals surface area contributed by atoms with Crippen molar-refractivity contribution < 1.29 is 9.59 Å². The number of rotatable bonds is 4. The summed E-state index contributed by atoms with van der Waals surface area (Å²) in [5.41, 5.74) is 7.38. The minimum Gasteiger partial charge on any atom is -0.318 e. The second-order valence-electron chi connectivity index (χ2n) is 7.95. The predicted octanol–water partition coefficient (Wildman–Crippen LogP) is 7.47. The normalized spacial score (nSPS) is 15.3. The molecule has 1 aliphatic heterocycles. The van der Waals surface area contributed by atoms with Crippen molar-refractivity contribution in [3.05, 3.63) is 90.0 Å². The van der Waals surface area contributed by atoms with Crippen LogP contribution in [0.15, 0.2) is 56.3 Å². The summed E-state index contributed by atoms with van der Waals surface area (Å²) in [5.74, 6) is -0.247. The number of halogens is 2. The Bertz CT molecular complexity index is 1250. The van der Waals surface area contributed by atoms with Crippen LogP contribution in [0.25, 0.3) is 11.8 Å². The van der Waals surface area contributed by atoms with Gasteiger partial charge >= 0.3 is 0 Å². The molecule has 3 aromatic rings. The lowest BCUT2D eigenvalue weighted by molar-refractivity contribution is -0.123. The van der Waals surface area contributed by atoms with Gasteiger partial charge in [-0.25, -0.2) is 0 Å². The highest BCUT2D eigenvalue weighted by molar-refractivity contribution is 9.10. The smallest absolute Gasteiger partial charge is 0.293 e. The lowest BCUT2D eigenvalue weighted by atomic mass is 10.1. The molecule has 0 aliphatic carbocycles. The summed E-state index contributed by atoms with van der Waals surface area (Å²) in [7, 11) is 0. The first-order valence-corrected chi connectivity index (χ1v) is 12.5. The fourth-order valence-electron chi connectivity index (χ4n) is 3.93. The number of carbonyl (C=O) groups is 2. The van der Waals surface area contributed by atoms with E-state index in [-0.39, 0.29) is 17.7 Å². The van der Waals surface area contributed by atoms with E-state index in [1.54, 1.807) is 0 Å². The number of nitrogens with zero attached hydrogens (tertiary/aromatic N) is 2. The molecule has 32 heavy (non-hydrogen) atoms. The summed E-state index contributed by atoms with van der Waals surface area (Å²) < 4.78 is 4.26. The zero-order valence-electron chi connectivity index (χ0n) is 18.2. The average Bonchev–Trinajstić information content (AvgIpc) is 3.16. The number of aromatic nitrogens is 1. The zero-order valence-corrected chi connectivity index (χ0v) is 22.2. The van der Waals surface area contributed by atoms with E-state index < -0.39 is 0 Å². The highest BCUT2D eigenvalue weighted by Gasteiger charge is 2.35. The zero-order chi connectivity index (χ0) is 23.2. The van der Waals surface area contributed by atoms with Gasteiger partial charge in [0.2, 0.25) is 0 Å². The van der Waals surface area contributed by atoms with E-state index in [2.05, 4.69) is 75.4 Å². The fraction of sp³-hybridized carbons (Fsp3) is 0.200. The Morgan fingerprint density at radius 2 is 1.56 bits per heavy atom. The van der Waals surface area contributed by atoms with Gasteiger partial charge in [0.05, 0.1) is 11.4 Å². The first-order chi connectivity index (χ1) is 15.2. The van der Waals surface area contributed by atoms with E-state index in [1.165, 1.54) is 16.0 Å². The maximum Gasteiger partial charge on any atom is 0.293 e. The number of hydrogen-bond donors (Lipinski definition) is 0. The monoisotopic (exact) mass is 572 g/mol. The van der Waals surface area contributed by atoms with E-state index in [4.69, 9.17) is 0 Å². The van der Waals surface area contributed by atoms with Crippen molar-refractivity contribution in [2.24, 2.45) is 0 Å². The molecule has 1 fully saturated rings. The van der Waals surface area contributed by atoms with E-state index in [9.17, 15) is 9.59 Å². The van der Waals surface area contributed by atoms with Gasteiger partial charge in [-0.05, 0) is 98.1 Å². The molecule has 2 amide bonds. The molecular weight excluding hydrogens is 552 g/mol. The van der Waals surface area contributed by atoms with Crippen LogP contribution in [0.1, 0.15) is 33.6 Å². The number of amides is 2. The second-order valence-corrected chi connectivity index (χ2v) is 10.7. The van der Waals surface area contributed by atoms with Crippen LogP contribution in [0.3, 0.4) is 0 Å². The van der Waals surface area contributed by atoms with Gasteiger partial charge in [0.25, 0.3) is 11.1 Å². The number of carbonyl (C=O) groups excluding carboxylic acids is 2. The molecule has 4 rings (SSSR count). The molecule has 0 bridgehead atoms. The van der Waals surface area contributed by atoms with E-state index in [0.717, 1.165) is 48.9 Å². The Kier molecular flexibility index (Phi) is 6.52. The summed E-state index contributed by atoms with van der Waals surface area (Å²) in [6.07, 6.45) is 1.84.